The highest BCUT2D eigenvalue weighted by Crippen LogP contribution is 2.71. The number of aromatic nitrogens is 8. The molecule has 22 heteroatoms. The second-order valence-electron chi connectivity index (χ2n) is 11.0. The molecule has 6 heterocycles. The van der Waals surface area contributed by atoms with E-state index in [0.717, 1.165) is 17.2 Å². The summed E-state index contributed by atoms with van der Waals surface area (Å²) >= 11 is 0. The highest BCUT2D eigenvalue weighted by molar-refractivity contribution is 7.47. The van der Waals surface area contributed by atoms with Gasteiger partial charge in [0.15, 0.2) is 41.1 Å². The van der Waals surface area contributed by atoms with Crippen molar-refractivity contribution in [3.8, 4) is 0 Å². The third kappa shape index (κ3) is 4.18. The van der Waals surface area contributed by atoms with Crippen LogP contribution in [0.15, 0.2) is 30.1 Å². The molecular formula is C22H23FN9O10P2+. The molecule has 4 aromatic heterocycles. The first-order valence-electron chi connectivity index (χ1n) is 13.3. The minimum Gasteiger partial charge on any atom is -0.388 e. The number of aliphatic hydroxyl groups is 1. The summed E-state index contributed by atoms with van der Waals surface area (Å²) in [6.07, 6.45) is -3.92. The van der Waals surface area contributed by atoms with E-state index in [4.69, 9.17) is 28.6 Å². The molecule has 44 heavy (non-hydrogen) atoms. The molecular weight excluding hydrogens is 631 g/mol. The smallest absolute Gasteiger partial charge is 0.388 e. The van der Waals surface area contributed by atoms with Crippen LogP contribution in [-0.2, 0) is 32.0 Å². The fourth-order valence-electron chi connectivity index (χ4n) is 6.63. The van der Waals surface area contributed by atoms with Crippen molar-refractivity contribution in [3.05, 3.63) is 35.7 Å². The molecule has 2 aliphatic carbocycles. The van der Waals surface area contributed by atoms with E-state index in [1.807, 2.05) is 0 Å². The summed E-state index contributed by atoms with van der Waals surface area (Å²) < 4.78 is 72.4. The van der Waals surface area contributed by atoms with Crippen molar-refractivity contribution in [2.24, 2.45) is 11.3 Å². The molecule has 2 saturated heterocycles. The third-order valence-corrected chi connectivity index (χ3v) is 10.5. The van der Waals surface area contributed by atoms with Gasteiger partial charge in [-0.3, -0.25) is 18.4 Å². The number of aliphatic hydroxyl groups excluding tert-OH is 1. The highest BCUT2D eigenvalue weighted by Gasteiger charge is 2.75. The first kappa shape index (κ1) is 28.2. The molecule has 0 amide bonds. The van der Waals surface area contributed by atoms with E-state index < -0.39 is 89.0 Å². The van der Waals surface area contributed by atoms with Crippen LogP contribution in [0.5, 0.6) is 0 Å². The Hall–Kier alpha value is -3.32. The molecule has 5 N–H and O–H groups in total. The van der Waals surface area contributed by atoms with Crippen LogP contribution in [0, 0.1) is 11.3 Å². The van der Waals surface area contributed by atoms with Crippen molar-refractivity contribution < 1.29 is 46.4 Å². The van der Waals surface area contributed by atoms with Gasteiger partial charge in [-0.1, -0.05) is 0 Å². The lowest BCUT2D eigenvalue weighted by molar-refractivity contribution is -0.0556. The van der Waals surface area contributed by atoms with Gasteiger partial charge in [-0.05, 0) is 12.3 Å². The summed E-state index contributed by atoms with van der Waals surface area (Å²) in [5, 5.41) is 11.4. The Morgan fingerprint density at radius 2 is 1.93 bits per heavy atom. The van der Waals surface area contributed by atoms with Crippen LogP contribution in [0.2, 0.25) is 0 Å². The number of imidazole rings is 2. The second kappa shape index (κ2) is 9.84. The molecule has 232 valence electrons. The molecule has 1 spiro atoms. The number of rotatable bonds is 2. The van der Waals surface area contributed by atoms with E-state index in [1.54, 1.807) is 4.57 Å². The van der Waals surface area contributed by atoms with Crippen molar-refractivity contribution >= 4 is 44.2 Å². The number of fused-ring (bicyclic) bond motifs is 3. The molecule has 0 radical (unpaired) electrons. The molecule has 4 aliphatic rings. The Morgan fingerprint density at radius 1 is 1.16 bits per heavy atom. The van der Waals surface area contributed by atoms with E-state index in [2.05, 4.69) is 29.9 Å². The fraction of sp³-hybridized carbons (Fsp3) is 0.545. The zero-order valence-electron chi connectivity index (χ0n) is 22.2. The van der Waals surface area contributed by atoms with E-state index in [9.17, 15) is 23.9 Å². The number of alkyl halides is 1. The number of hydrogen-bond donors (Lipinski definition) is 4. The number of H-pyrrole nitrogens is 1. The number of anilines is 1. The number of phosphoric ester groups is 1. The molecule has 11 atom stereocenters. The SMILES string of the molecule is Nc1ncnc2c1ncn2C1C(O)C2O[P+](=O)OCC3OC(n4cnc5c(=O)[nH]cnc54)C(F)C3OP(=O)(O)OCC23CC13. The lowest BCUT2D eigenvalue weighted by atomic mass is 10.0. The number of hydrogen-bond acceptors (Lipinski definition) is 15. The number of phosphoric acid groups is 1. The van der Waals surface area contributed by atoms with Gasteiger partial charge in [0.1, 0.15) is 36.8 Å². The van der Waals surface area contributed by atoms with Crippen molar-refractivity contribution in [2.45, 2.75) is 49.3 Å². The summed E-state index contributed by atoms with van der Waals surface area (Å²) in [6.45, 7) is -1.06. The van der Waals surface area contributed by atoms with Gasteiger partial charge in [-0.25, -0.2) is 33.9 Å². The van der Waals surface area contributed by atoms with Crippen LogP contribution in [0.4, 0.5) is 10.2 Å². The maximum absolute atomic E-state index is 15.9. The molecule has 19 nitrogen and oxygen atoms in total. The summed E-state index contributed by atoms with van der Waals surface area (Å²) in [4.78, 5) is 45.5. The first-order chi connectivity index (χ1) is 21.1. The lowest BCUT2D eigenvalue weighted by Gasteiger charge is -2.26. The number of nitrogens with two attached hydrogens (primary N) is 1. The summed E-state index contributed by atoms with van der Waals surface area (Å²) in [6, 6.07) is -0.708. The normalized spacial score (nSPS) is 39.8. The van der Waals surface area contributed by atoms with Gasteiger partial charge in [0.2, 0.25) is 0 Å². The van der Waals surface area contributed by atoms with Crippen LogP contribution in [0.1, 0.15) is 18.7 Å². The molecule has 11 unspecified atom stereocenters. The molecule has 4 fully saturated rings. The second-order valence-corrected chi connectivity index (χ2v) is 13.4. The predicted octanol–water partition coefficient (Wildman–Crippen LogP) is 0.274. The zero-order chi connectivity index (χ0) is 30.5. The largest absolute Gasteiger partial charge is 0.697 e. The maximum Gasteiger partial charge on any atom is 0.697 e. The Bertz CT molecular complexity index is 1920. The van der Waals surface area contributed by atoms with Gasteiger partial charge >= 0.3 is 16.1 Å². The van der Waals surface area contributed by atoms with E-state index in [-0.39, 0.29) is 17.0 Å². The Labute approximate surface area is 245 Å². The van der Waals surface area contributed by atoms with Gasteiger partial charge in [0.05, 0.1) is 31.6 Å². The quantitative estimate of drug-likeness (QED) is 0.212. The molecule has 8 rings (SSSR count). The van der Waals surface area contributed by atoms with Crippen LogP contribution in [0.25, 0.3) is 22.3 Å². The standard InChI is InChI=1S/C22H22FN9O10P2/c23-10-15-9(40-21(10)32-7-30-12-19(32)27-5-28-20(12)34)2-38-43(35)41-16-14(33)13(8-1-22(8,16)3-39-44(36,37)42-15)31-6-29-11-17(24)25-4-26-18(11)31/h4-10,13-16,21,33H,1-3H2,(H3-,24,25,26,27,28,34,36,37)/p+1. The molecule has 0 bridgehead atoms. The number of ether oxygens (including phenoxy) is 1. The topological polar surface area (TPSA) is 254 Å². The van der Waals surface area contributed by atoms with Crippen molar-refractivity contribution in [2.75, 3.05) is 18.9 Å². The van der Waals surface area contributed by atoms with Crippen LogP contribution >= 0.6 is 16.1 Å². The van der Waals surface area contributed by atoms with E-state index in [0.29, 0.717) is 17.6 Å². The van der Waals surface area contributed by atoms with Gasteiger partial charge in [0, 0.05) is 9.98 Å². The number of halogens is 1. The van der Waals surface area contributed by atoms with E-state index in [1.165, 1.54) is 12.7 Å². The van der Waals surface area contributed by atoms with Crippen LogP contribution < -0.4 is 11.3 Å². The van der Waals surface area contributed by atoms with Gasteiger partial charge < -0.3 is 30.0 Å². The zero-order valence-corrected chi connectivity index (χ0v) is 24.0. The Balaban J connectivity index is 1.08. The molecule has 4 aromatic rings. The number of nitrogens with one attached hydrogen (secondary N) is 1. The highest BCUT2D eigenvalue weighted by atomic mass is 31.2. The summed E-state index contributed by atoms with van der Waals surface area (Å²) in [5.41, 5.74) is 4.84. The van der Waals surface area contributed by atoms with E-state index >= 15 is 4.39 Å². The van der Waals surface area contributed by atoms with Gasteiger partial charge in [-0.15, -0.1) is 9.05 Å². The average Bonchev–Trinajstić information content (AvgIpc) is 3.28. The van der Waals surface area contributed by atoms with Crippen LogP contribution in [0.3, 0.4) is 0 Å². The monoisotopic (exact) mass is 654 g/mol. The average molecular weight is 654 g/mol. The maximum atomic E-state index is 15.9. The van der Waals surface area contributed by atoms with Gasteiger partial charge in [0.25, 0.3) is 5.56 Å². The minimum absolute atomic E-state index is 0.00691. The number of aromatic amines is 1. The Kier molecular flexibility index (Phi) is 6.30. The molecule has 2 saturated carbocycles. The molecule has 0 aromatic carbocycles. The van der Waals surface area contributed by atoms with Crippen molar-refractivity contribution in [1.82, 2.24) is 39.0 Å². The minimum atomic E-state index is -4.97. The van der Waals surface area contributed by atoms with Gasteiger partial charge in [-0.2, -0.15) is 0 Å². The number of nitrogen functional groups attached to an aromatic ring is 1. The predicted molar refractivity (Wildman–Crippen MR) is 141 cm³/mol. The first-order valence-corrected chi connectivity index (χ1v) is 15.9. The summed E-state index contributed by atoms with van der Waals surface area (Å²) in [5.74, 6) is -0.256. The molecule has 2 aliphatic heterocycles. The number of nitrogens with zero attached hydrogens (tertiary/aromatic N) is 7. The van der Waals surface area contributed by atoms with Crippen molar-refractivity contribution in [3.63, 3.8) is 0 Å². The third-order valence-electron chi connectivity index (χ3n) is 8.73. The Morgan fingerprint density at radius 3 is 2.77 bits per heavy atom. The lowest BCUT2D eigenvalue weighted by Crippen LogP contribution is -2.38. The fourth-order valence-corrected chi connectivity index (χ4v) is 8.50. The van der Waals surface area contributed by atoms with Crippen molar-refractivity contribution in [1.29, 1.82) is 0 Å². The van der Waals surface area contributed by atoms with Crippen LogP contribution in [-0.4, -0.2) is 92.8 Å². The summed E-state index contributed by atoms with van der Waals surface area (Å²) in [7, 11) is -7.89.